The normalized spacial score (nSPS) is 17.4. The molecule has 31 heavy (non-hydrogen) atoms. The average Bonchev–Trinajstić information content (AvgIpc) is 3.27. The summed E-state index contributed by atoms with van der Waals surface area (Å²) in [6, 6.07) is 8.11. The molecular weight excluding hydrogens is 427 g/mol. The Balaban J connectivity index is 1.37. The van der Waals surface area contributed by atoms with Crippen LogP contribution in [0.1, 0.15) is 18.7 Å². The number of esters is 1. The van der Waals surface area contributed by atoms with Crippen molar-refractivity contribution < 1.29 is 26.9 Å². The molecule has 0 radical (unpaired) electrons. The fourth-order valence-electron chi connectivity index (χ4n) is 3.29. The summed E-state index contributed by atoms with van der Waals surface area (Å²) < 4.78 is 50.3. The van der Waals surface area contributed by atoms with Crippen molar-refractivity contribution in [3.8, 4) is 11.4 Å². The highest BCUT2D eigenvalue weighted by Gasteiger charge is 2.34. The van der Waals surface area contributed by atoms with Gasteiger partial charge in [-0.2, -0.15) is 9.29 Å². The number of rotatable bonds is 6. The molecule has 1 aliphatic rings. The summed E-state index contributed by atoms with van der Waals surface area (Å²) in [4.78, 5) is 20.6. The SMILES string of the molecule is O=C(OCc1nc(-c2cccnc2)no1)C1CCCN(S(=O)(=O)c2ccc(F)cc2)C1. The first-order chi connectivity index (χ1) is 14.9. The fraction of sp³-hybridized carbons (Fsp3) is 0.300. The summed E-state index contributed by atoms with van der Waals surface area (Å²) in [7, 11) is -3.83. The third-order valence-electron chi connectivity index (χ3n) is 4.89. The van der Waals surface area contributed by atoms with Gasteiger partial charge in [0.05, 0.1) is 10.8 Å². The Morgan fingerprint density at radius 3 is 2.81 bits per heavy atom. The van der Waals surface area contributed by atoms with Crippen LogP contribution in [0.4, 0.5) is 4.39 Å². The molecule has 2 aromatic heterocycles. The maximum Gasteiger partial charge on any atom is 0.310 e. The second-order valence-corrected chi connectivity index (χ2v) is 8.96. The van der Waals surface area contributed by atoms with Crippen LogP contribution in [0, 0.1) is 11.7 Å². The molecule has 0 aliphatic carbocycles. The Labute approximate surface area is 177 Å². The number of benzene rings is 1. The van der Waals surface area contributed by atoms with Crippen LogP contribution in [-0.2, 0) is 26.2 Å². The van der Waals surface area contributed by atoms with Gasteiger partial charge in [0.1, 0.15) is 5.82 Å². The highest BCUT2D eigenvalue weighted by molar-refractivity contribution is 7.89. The molecule has 3 heterocycles. The maximum absolute atomic E-state index is 13.1. The zero-order valence-electron chi connectivity index (χ0n) is 16.3. The van der Waals surface area contributed by atoms with Crippen LogP contribution in [0.25, 0.3) is 11.4 Å². The molecule has 1 aromatic carbocycles. The number of halogens is 1. The second-order valence-electron chi connectivity index (χ2n) is 7.02. The molecule has 0 amide bonds. The van der Waals surface area contributed by atoms with Gasteiger partial charge >= 0.3 is 5.97 Å². The summed E-state index contributed by atoms with van der Waals surface area (Å²) in [5.41, 5.74) is 0.665. The van der Waals surface area contributed by atoms with Crippen LogP contribution in [0.15, 0.2) is 58.2 Å². The minimum absolute atomic E-state index is 0.0106. The van der Waals surface area contributed by atoms with Crippen molar-refractivity contribution >= 4 is 16.0 Å². The highest BCUT2D eigenvalue weighted by atomic mass is 32.2. The number of ether oxygens (including phenoxy) is 1. The van der Waals surface area contributed by atoms with E-state index in [0.29, 0.717) is 24.2 Å². The Morgan fingerprint density at radius 1 is 1.26 bits per heavy atom. The molecule has 1 saturated heterocycles. The third kappa shape index (κ3) is 4.78. The summed E-state index contributed by atoms with van der Waals surface area (Å²) in [5.74, 6) is -1.23. The number of hydrogen-bond acceptors (Lipinski definition) is 8. The van der Waals surface area contributed by atoms with Gasteiger partial charge in [0.25, 0.3) is 5.89 Å². The van der Waals surface area contributed by atoms with Gasteiger partial charge in [-0.15, -0.1) is 0 Å². The van der Waals surface area contributed by atoms with Gasteiger partial charge in [0.2, 0.25) is 15.8 Å². The molecule has 0 spiro atoms. The van der Waals surface area contributed by atoms with E-state index in [0.717, 1.165) is 12.1 Å². The van der Waals surface area contributed by atoms with E-state index >= 15 is 0 Å². The number of aromatic nitrogens is 3. The summed E-state index contributed by atoms with van der Waals surface area (Å²) >= 11 is 0. The molecule has 1 fully saturated rings. The lowest BCUT2D eigenvalue weighted by Crippen LogP contribution is -2.42. The molecule has 0 bridgehead atoms. The molecule has 3 aromatic rings. The number of pyridine rings is 1. The predicted molar refractivity (Wildman–Crippen MR) is 105 cm³/mol. The molecule has 0 N–H and O–H groups in total. The van der Waals surface area contributed by atoms with E-state index in [1.807, 2.05) is 0 Å². The predicted octanol–water partition coefficient (Wildman–Crippen LogP) is 2.41. The van der Waals surface area contributed by atoms with Crippen molar-refractivity contribution in [1.82, 2.24) is 19.4 Å². The number of nitrogens with zero attached hydrogens (tertiary/aromatic N) is 4. The molecule has 1 aliphatic heterocycles. The lowest BCUT2D eigenvalue weighted by atomic mass is 10.0. The molecule has 0 saturated carbocycles. The van der Waals surface area contributed by atoms with Crippen molar-refractivity contribution in [2.75, 3.05) is 13.1 Å². The summed E-state index contributed by atoms with van der Waals surface area (Å²) in [5, 5.41) is 3.83. The first kappa shape index (κ1) is 21.1. The van der Waals surface area contributed by atoms with E-state index in [-0.39, 0.29) is 30.5 Å². The fourth-order valence-corrected chi connectivity index (χ4v) is 4.81. The van der Waals surface area contributed by atoms with E-state index in [1.54, 1.807) is 24.5 Å². The van der Waals surface area contributed by atoms with Gasteiger partial charge < -0.3 is 9.26 Å². The second kappa shape index (κ2) is 8.90. The zero-order chi connectivity index (χ0) is 21.8. The van der Waals surface area contributed by atoms with Crippen LogP contribution in [-0.4, -0.2) is 46.9 Å². The number of piperidine rings is 1. The Kier molecular flexibility index (Phi) is 6.05. The zero-order valence-corrected chi connectivity index (χ0v) is 17.2. The Bertz CT molecular complexity index is 1150. The lowest BCUT2D eigenvalue weighted by Gasteiger charge is -2.30. The molecule has 4 rings (SSSR count). The van der Waals surface area contributed by atoms with Crippen molar-refractivity contribution in [3.63, 3.8) is 0 Å². The van der Waals surface area contributed by atoms with Gasteiger partial charge in [-0.25, -0.2) is 12.8 Å². The number of sulfonamides is 1. The van der Waals surface area contributed by atoms with Gasteiger partial charge in [0.15, 0.2) is 6.61 Å². The third-order valence-corrected chi connectivity index (χ3v) is 6.77. The quantitative estimate of drug-likeness (QED) is 0.530. The van der Waals surface area contributed by atoms with Crippen LogP contribution in [0.2, 0.25) is 0 Å². The minimum Gasteiger partial charge on any atom is -0.455 e. The van der Waals surface area contributed by atoms with Crippen LogP contribution in [0.3, 0.4) is 0 Å². The Morgan fingerprint density at radius 2 is 2.06 bits per heavy atom. The highest BCUT2D eigenvalue weighted by Crippen LogP contribution is 2.25. The van der Waals surface area contributed by atoms with E-state index < -0.39 is 27.7 Å². The van der Waals surface area contributed by atoms with E-state index in [9.17, 15) is 17.6 Å². The molecule has 1 unspecified atom stereocenters. The number of hydrogen-bond donors (Lipinski definition) is 0. The monoisotopic (exact) mass is 446 g/mol. The first-order valence-electron chi connectivity index (χ1n) is 9.59. The van der Waals surface area contributed by atoms with E-state index in [4.69, 9.17) is 9.26 Å². The molecule has 1 atom stereocenters. The molecule has 9 nitrogen and oxygen atoms in total. The Hall–Kier alpha value is -3.18. The summed E-state index contributed by atoms with van der Waals surface area (Å²) in [6.07, 6.45) is 4.21. The van der Waals surface area contributed by atoms with Crippen LogP contribution < -0.4 is 0 Å². The first-order valence-corrected chi connectivity index (χ1v) is 11.0. The van der Waals surface area contributed by atoms with Crippen LogP contribution >= 0.6 is 0 Å². The number of carbonyl (C=O) groups is 1. The lowest BCUT2D eigenvalue weighted by molar-refractivity contribution is -0.151. The van der Waals surface area contributed by atoms with E-state index in [2.05, 4.69) is 15.1 Å². The maximum atomic E-state index is 13.1. The van der Waals surface area contributed by atoms with Crippen molar-refractivity contribution in [3.05, 3.63) is 60.5 Å². The van der Waals surface area contributed by atoms with Gasteiger partial charge in [-0.05, 0) is 49.2 Å². The van der Waals surface area contributed by atoms with Crippen molar-refractivity contribution in [1.29, 1.82) is 0 Å². The average molecular weight is 446 g/mol. The smallest absolute Gasteiger partial charge is 0.310 e. The minimum atomic E-state index is -3.83. The number of carbonyl (C=O) groups excluding carboxylic acids is 1. The standard InChI is InChI=1S/C20H19FN4O5S/c21-16-5-7-17(8-6-16)31(27,28)25-10-2-4-15(12-25)20(26)29-13-18-23-19(24-30-18)14-3-1-9-22-11-14/h1,3,5-9,11,15H,2,4,10,12-13H2. The van der Waals surface area contributed by atoms with Crippen LogP contribution in [0.5, 0.6) is 0 Å². The largest absolute Gasteiger partial charge is 0.455 e. The topological polar surface area (TPSA) is 115 Å². The molecular formula is C20H19FN4O5S. The van der Waals surface area contributed by atoms with Crippen molar-refractivity contribution in [2.24, 2.45) is 5.92 Å². The molecule has 162 valence electrons. The van der Waals surface area contributed by atoms with Gasteiger partial charge in [-0.1, -0.05) is 5.16 Å². The van der Waals surface area contributed by atoms with E-state index in [1.165, 1.54) is 16.4 Å². The van der Waals surface area contributed by atoms with Crippen molar-refractivity contribution in [2.45, 2.75) is 24.3 Å². The van der Waals surface area contributed by atoms with Gasteiger partial charge in [0, 0.05) is 31.0 Å². The molecule has 11 heteroatoms. The summed E-state index contributed by atoms with van der Waals surface area (Å²) in [6.45, 7) is 0.0538. The van der Waals surface area contributed by atoms with Gasteiger partial charge in [-0.3, -0.25) is 9.78 Å².